The van der Waals surface area contributed by atoms with Crippen molar-refractivity contribution in [2.75, 3.05) is 0 Å². The van der Waals surface area contributed by atoms with Crippen molar-refractivity contribution in [3.05, 3.63) is 76.3 Å². The summed E-state index contributed by atoms with van der Waals surface area (Å²) in [4.78, 5) is 11.9. The Labute approximate surface area is 114 Å². The third kappa shape index (κ3) is 3.08. The molecular formula is C15H12BrNO. The average molecular weight is 302 g/mol. The first kappa shape index (κ1) is 12.6. The highest BCUT2D eigenvalue weighted by Gasteiger charge is 2.04. The minimum Gasteiger partial charge on any atom is -0.398 e. The highest BCUT2D eigenvalue weighted by molar-refractivity contribution is 9.10. The SMILES string of the molecule is N/C(=C/C(=O)c1ccccc1)c1cccc(Br)c1. The van der Waals surface area contributed by atoms with Gasteiger partial charge in [-0.3, -0.25) is 4.79 Å². The fourth-order valence-corrected chi connectivity index (χ4v) is 1.98. The van der Waals surface area contributed by atoms with E-state index in [4.69, 9.17) is 5.73 Å². The lowest BCUT2D eigenvalue weighted by atomic mass is 10.1. The van der Waals surface area contributed by atoms with Crippen LogP contribution in [0.25, 0.3) is 5.70 Å². The zero-order chi connectivity index (χ0) is 13.0. The van der Waals surface area contributed by atoms with E-state index < -0.39 is 0 Å². The first-order valence-corrected chi connectivity index (χ1v) is 6.28. The smallest absolute Gasteiger partial charge is 0.187 e. The minimum absolute atomic E-state index is 0.0897. The van der Waals surface area contributed by atoms with E-state index in [-0.39, 0.29) is 5.78 Å². The molecule has 2 nitrogen and oxygen atoms in total. The van der Waals surface area contributed by atoms with E-state index in [2.05, 4.69) is 15.9 Å². The van der Waals surface area contributed by atoms with Gasteiger partial charge >= 0.3 is 0 Å². The molecule has 90 valence electrons. The summed E-state index contributed by atoms with van der Waals surface area (Å²) in [5.41, 5.74) is 7.85. The summed E-state index contributed by atoms with van der Waals surface area (Å²) < 4.78 is 0.934. The van der Waals surface area contributed by atoms with Gasteiger partial charge in [0, 0.05) is 21.8 Å². The van der Waals surface area contributed by atoms with Crippen LogP contribution in [0.15, 0.2) is 65.1 Å². The second kappa shape index (κ2) is 5.65. The van der Waals surface area contributed by atoms with Gasteiger partial charge < -0.3 is 5.73 Å². The van der Waals surface area contributed by atoms with Gasteiger partial charge in [-0.2, -0.15) is 0 Å². The summed E-state index contributed by atoms with van der Waals surface area (Å²) in [6.07, 6.45) is 1.46. The number of carbonyl (C=O) groups is 1. The topological polar surface area (TPSA) is 43.1 Å². The van der Waals surface area contributed by atoms with E-state index in [1.165, 1.54) is 6.08 Å². The zero-order valence-electron chi connectivity index (χ0n) is 9.64. The normalized spacial score (nSPS) is 11.3. The quantitative estimate of drug-likeness (QED) is 0.695. The number of hydrogen-bond donors (Lipinski definition) is 1. The number of halogens is 1. The van der Waals surface area contributed by atoms with Gasteiger partial charge in [0.1, 0.15) is 0 Å². The van der Waals surface area contributed by atoms with Crippen LogP contribution >= 0.6 is 15.9 Å². The summed E-state index contributed by atoms with van der Waals surface area (Å²) in [6, 6.07) is 16.6. The van der Waals surface area contributed by atoms with Gasteiger partial charge in [-0.25, -0.2) is 0 Å². The van der Waals surface area contributed by atoms with Crippen molar-refractivity contribution >= 4 is 27.4 Å². The fourth-order valence-electron chi connectivity index (χ4n) is 1.58. The lowest BCUT2D eigenvalue weighted by Gasteiger charge is -2.02. The molecule has 0 aliphatic heterocycles. The predicted octanol–water partition coefficient (Wildman–Crippen LogP) is 3.63. The summed E-state index contributed by atoms with van der Waals surface area (Å²) in [5.74, 6) is -0.0897. The monoisotopic (exact) mass is 301 g/mol. The molecule has 2 N–H and O–H groups in total. The number of rotatable bonds is 3. The van der Waals surface area contributed by atoms with Crippen LogP contribution in [0.1, 0.15) is 15.9 Å². The molecule has 0 radical (unpaired) electrons. The maximum absolute atomic E-state index is 11.9. The molecule has 0 amide bonds. The van der Waals surface area contributed by atoms with Gasteiger partial charge in [0.05, 0.1) is 0 Å². The molecule has 0 unspecified atom stereocenters. The Morgan fingerprint density at radius 1 is 1.00 bits per heavy atom. The van der Waals surface area contributed by atoms with Crippen molar-refractivity contribution < 1.29 is 4.79 Å². The zero-order valence-corrected chi connectivity index (χ0v) is 11.2. The molecule has 0 saturated carbocycles. The Hall–Kier alpha value is -1.87. The standard InChI is InChI=1S/C15H12BrNO/c16-13-8-4-7-12(9-13)14(17)10-15(18)11-5-2-1-3-6-11/h1-10H,17H2/b14-10+. The van der Waals surface area contributed by atoms with Gasteiger partial charge in [0.15, 0.2) is 5.78 Å². The van der Waals surface area contributed by atoms with Crippen LogP contribution < -0.4 is 5.73 Å². The van der Waals surface area contributed by atoms with E-state index >= 15 is 0 Å². The molecule has 2 rings (SSSR count). The summed E-state index contributed by atoms with van der Waals surface area (Å²) >= 11 is 3.37. The van der Waals surface area contributed by atoms with Crippen LogP contribution in [0.3, 0.4) is 0 Å². The average Bonchev–Trinajstić information content (AvgIpc) is 2.39. The molecule has 2 aromatic rings. The van der Waals surface area contributed by atoms with E-state index in [1.54, 1.807) is 12.1 Å². The first-order valence-electron chi connectivity index (χ1n) is 5.49. The number of ketones is 1. The van der Waals surface area contributed by atoms with Gasteiger partial charge in [0.2, 0.25) is 0 Å². The van der Waals surface area contributed by atoms with Crippen molar-refractivity contribution in [2.24, 2.45) is 5.73 Å². The van der Waals surface area contributed by atoms with Gasteiger partial charge in [-0.1, -0.05) is 58.4 Å². The highest BCUT2D eigenvalue weighted by Crippen LogP contribution is 2.16. The van der Waals surface area contributed by atoms with Crippen molar-refractivity contribution in [2.45, 2.75) is 0 Å². The van der Waals surface area contributed by atoms with Gasteiger partial charge in [-0.05, 0) is 17.7 Å². The maximum atomic E-state index is 11.9. The molecule has 0 atom stereocenters. The molecule has 18 heavy (non-hydrogen) atoms. The molecule has 0 saturated heterocycles. The van der Waals surface area contributed by atoms with Crippen LogP contribution in [0.5, 0.6) is 0 Å². The molecule has 0 bridgehead atoms. The lowest BCUT2D eigenvalue weighted by Crippen LogP contribution is -2.02. The second-order valence-corrected chi connectivity index (χ2v) is 4.76. The van der Waals surface area contributed by atoms with E-state index in [0.717, 1.165) is 10.0 Å². The molecule has 0 aliphatic rings. The molecule has 0 spiro atoms. The fraction of sp³-hybridized carbons (Fsp3) is 0. The Bertz CT molecular complexity index is 590. The molecule has 3 heteroatoms. The molecule has 0 aliphatic carbocycles. The Morgan fingerprint density at radius 2 is 1.67 bits per heavy atom. The first-order chi connectivity index (χ1) is 8.66. The number of hydrogen-bond acceptors (Lipinski definition) is 2. The molecule has 2 aromatic carbocycles. The highest BCUT2D eigenvalue weighted by atomic mass is 79.9. The maximum Gasteiger partial charge on any atom is 0.187 e. The van der Waals surface area contributed by atoms with Crippen LogP contribution in [0.4, 0.5) is 0 Å². The van der Waals surface area contributed by atoms with E-state index in [0.29, 0.717) is 11.3 Å². The lowest BCUT2D eigenvalue weighted by molar-refractivity contribution is 0.104. The van der Waals surface area contributed by atoms with Crippen molar-refractivity contribution in [3.8, 4) is 0 Å². The van der Waals surface area contributed by atoms with Gasteiger partial charge in [-0.15, -0.1) is 0 Å². The number of benzene rings is 2. The minimum atomic E-state index is -0.0897. The Morgan fingerprint density at radius 3 is 2.33 bits per heavy atom. The molecule has 0 heterocycles. The largest absolute Gasteiger partial charge is 0.398 e. The summed E-state index contributed by atoms with van der Waals surface area (Å²) in [6.45, 7) is 0. The van der Waals surface area contributed by atoms with Crippen LogP contribution in [-0.2, 0) is 0 Å². The van der Waals surface area contributed by atoms with E-state index in [1.807, 2.05) is 42.5 Å². The van der Waals surface area contributed by atoms with Crippen molar-refractivity contribution in [3.63, 3.8) is 0 Å². The van der Waals surface area contributed by atoms with Crippen LogP contribution in [0.2, 0.25) is 0 Å². The Kier molecular flexibility index (Phi) is 3.95. The molecule has 0 aromatic heterocycles. The molecular weight excluding hydrogens is 290 g/mol. The third-order valence-corrected chi connectivity index (χ3v) is 3.00. The third-order valence-electron chi connectivity index (χ3n) is 2.50. The van der Waals surface area contributed by atoms with Gasteiger partial charge in [0.25, 0.3) is 0 Å². The number of allylic oxidation sites excluding steroid dienone is 1. The number of carbonyl (C=O) groups excluding carboxylic acids is 1. The summed E-state index contributed by atoms with van der Waals surface area (Å²) in [5, 5.41) is 0. The Balaban J connectivity index is 2.26. The van der Waals surface area contributed by atoms with Crippen molar-refractivity contribution in [1.82, 2.24) is 0 Å². The second-order valence-electron chi connectivity index (χ2n) is 3.84. The molecule has 0 fully saturated rings. The number of nitrogens with two attached hydrogens (primary N) is 1. The van der Waals surface area contributed by atoms with Crippen LogP contribution in [-0.4, -0.2) is 5.78 Å². The van der Waals surface area contributed by atoms with Crippen molar-refractivity contribution in [1.29, 1.82) is 0 Å². The predicted molar refractivity (Wildman–Crippen MR) is 77.1 cm³/mol. The van der Waals surface area contributed by atoms with Crippen LogP contribution in [0, 0.1) is 0 Å². The van der Waals surface area contributed by atoms with E-state index in [9.17, 15) is 4.79 Å². The summed E-state index contributed by atoms with van der Waals surface area (Å²) in [7, 11) is 0.